The Morgan fingerprint density at radius 1 is 1.75 bits per heavy atom. The van der Waals surface area contributed by atoms with E-state index in [2.05, 4.69) is 17.4 Å². The number of nitrogens with zero attached hydrogens (tertiary/aromatic N) is 2. The average Bonchev–Trinajstić information content (AvgIpc) is 2.80. The lowest BCUT2D eigenvalue weighted by atomic mass is 9.95. The Bertz CT molecular complexity index is 348. The molecule has 1 fully saturated rings. The summed E-state index contributed by atoms with van der Waals surface area (Å²) in [5, 5.41) is 4.77. The van der Waals surface area contributed by atoms with Gasteiger partial charge < -0.3 is 4.74 Å². The monoisotopic (exact) mass is 244 g/mol. The summed E-state index contributed by atoms with van der Waals surface area (Å²) >= 11 is 6.11. The third-order valence-electron chi connectivity index (χ3n) is 3.11. The Morgan fingerprint density at radius 3 is 2.94 bits per heavy atom. The maximum Gasteiger partial charge on any atom is 0.0834 e. The molecule has 0 saturated carbocycles. The molecule has 0 spiro atoms. The Morgan fingerprint density at radius 2 is 2.50 bits per heavy atom. The highest BCUT2D eigenvalue weighted by Crippen LogP contribution is 2.33. The predicted molar refractivity (Wildman–Crippen MR) is 61.8 cm³/mol. The molecular weight excluding hydrogens is 228 g/mol. The van der Waals surface area contributed by atoms with Gasteiger partial charge in [-0.1, -0.05) is 11.6 Å². The lowest BCUT2D eigenvalue weighted by Crippen LogP contribution is -2.35. The first-order valence-corrected chi connectivity index (χ1v) is 5.76. The van der Waals surface area contributed by atoms with E-state index in [4.69, 9.17) is 22.2 Å². The fourth-order valence-corrected chi connectivity index (χ4v) is 2.57. The molecule has 0 radical (unpaired) electrons. The second-order valence-corrected chi connectivity index (χ2v) is 4.69. The van der Waals surface area contributed by atoms with Crippen molar-refractivity contribution in [3.8, 4) is 0 Å². The van der Waals surface area contributed by atoms with Gasteiger partial charge in [0.15, 0.2) is 0 Å². The molecule has 3 atom stereocenters. The van der Waals surface area contributed by atoms with Crippen molar-refractivity contribution in [2.24, 2.45) is 18.8 Å². The summed E-state index contributed by atoms with van der Waals surface area (Å²) in [5.41, 5.74) is 3.75. The van der Waals surface area contributed by atoms with E-state index in [-0.39, 0.29) is 12.1 Å². The van der Waals surface area contributed by atoms with Gasteiger partial charge in [0, 0.05) is 13.0 Å². The molecule has 5 nitrogen and oxygen atoms in total. The smallest absolute Gasteiger partial charge is 0.0834 e. The molecule has 1 saturated heterocycles. The number of ether oxygens (including phenoxy) is 1. The normalized spacial score (nSPS) is 27.2. The summed E-state index contributed by atoms with van der Waals surface area (Å²) in [6.45, 7) is 2.77. The number of aryl methyl sites for hydroxylation is 1. The second kappa shape index (κ2) is 4.71. The van der Waals surface area contributed by atoms with Crippen molar-refractivity contribution in [2.75, 3.05) is 6.61 Å². The molecule has 0 aromatic carbocycles. The maximum atomic E-state index is 6.11. The number of hydrazine groups is 1. The van der Waals surface area contributed by atoms with Crippen LogP contribution in [0.2, 0.25) is 5.02 Å². The summed E-state index contributed by atoms with van der Waals surface area (Å²) in [5.74, 6) is 5.96. The predicted octanol–water partition coefficient (Wildman–Crippen LogP) is 1.00. The number of rotatable bonds is 3. The molecule has 1 aromatic heterocycles. The number of hydrogen-bond donors (Lipinski definition) is 2. The molecule has 0 amide bonds. The van der Waals surface area contributed by atoms with Gasteiger partial charge in [0.05, 0.1) is 35.7 Å². The van der Waals surface area contributed by atoms with Crippen LogP contribution >= 0.6 is 11.6 Å². The van der Waals surface area contributed by atoms with Gasteiger partial charge in [-0.3, -0.25) is 16.0 Å². The highest BCUT2D eigenvalue weighted by molar-refractivity contribution is 6.31. The number of nitrogens with one attached hydrogen (secondary N) is 1. The van der Waals surface area contributed by atoms with Crippen LogP contribution in [0.1, 0.15) is 25.1 Å². The number of hydrogen-bond acceptors (Lipinski definition) is 4. The lowest BCUT2D eigenvalue weighted by Gasteiger charge is -2.22. The van der Waals surface area contributed by atoms with Crippen molar-refractivity contribution in [3.63, 3.8) is 0 Å². The van der Waals surface area contributed by atoms with E-state index >= 15 is 0 Å². The van der Waals surface area contributed by atoms with Crippen molar-refractivity contribution in [1.29, 1.82) is 0 Å². The zero-order valence-electron chi connectivity index (χ0n) is 9.48. The van der Waals surface area contributed by atoms with Gasteiger partial charge >= 0.3 is 0 Å². The minimum Gasteiger partial charge on any atom is -0.378 e. The molecule has 1 aliphatic heterocycles. The van der Waals surface area contributed by atoms with Gasteiger partial charge in [-0.15, -0.1) is 0 Å². The molecule has 6 heteroatoms. The van der Waals surface area contributed by atoms with Crippen LogP contribution in [0.4, 0.5) is 0 Å². The first-order chi connectivity index (χ1) is 7.63. The largest absolute Gasteiger partial charge is 0.378 e. The van der Waals surface area contributed by atoms with Crippen molar-refractivity contribution >= 4 is 11.6 Å². The Hall–Kier alpha value is -0.620. The zero-order valence-corrected chi connectivity index (χ0v) is 10.2. The van der Waals surface area contributed by atoms with Crippen LogP contribution in [0.25, 0.3) is 0 Å². The molecule has 2 heterocycles. The molecule has 3 unspecified atom stereocenters. The molecule has 3 N–H and O–H groups in total. The fourth-order valence-electron chi connectivity index (χ4n) is 2.29. The Kier molecular flexibility index (Phi) is 3.49. The van der Waals surface area contributed by atoms with Gasteiger partial charge in [-0.25, -0.2) is 0 Å². The first-order valence-electron chi connectivity index (χ1n) is 5.38. The molecule has 16 heavy (non-hydrogen) atoms. The number of nitrogens with two attached hydrogens (primary N) is 1. The van der Waals surface area contributed by atoms with Crippen LogP contribution in [0.5, 0.6) is 0 Å². The Labute approximate surface area is 99.9 Å². The third-order valence-corrected chi connectivity index (χ3v) is 3.40. The summed E-state index contributed by atoms with van der Waals surface area (Å²) in [6, 6.07) is -0.00931. The number of halogens is 1. The van der Waals surface area contributed by atoms with Gasteiger partial charge in [0.25, 0.3) is 0 Å². The molecule has 0 bridgehead atoms. The summed E-state index contributed by atoms with van der Waals surface area (Å²) in [6.07, 6.45) is 2.91. The van der Waals surface area contributed by atoms with E-state index < -0.39 is 0 Å². The van der Waals surface area contributed by atoms with Crippen molar-refractivity contribution in [2.45, 2.75) is 25.5 Å². The summed E-state index contributed by atoms with van der Waals surface area (Å²) in [7, 11) is 1.87. The molecular formula is C10H17ClN4O. The quantitative estimate of drug-likeness (QED) is 0.615. The first kappa shape index (κ1) is 11.9. The van der Waals surface area contributed by atoms with Crippen molar-refractivity contribution in [1.82, 2.24) is 15.2 Å². The van der Waals surface area contributed by atoms with E-state index in [1.807, 2.05) is 7.05 Å². The van der Waals surface area contributed by atoms with Gasteiger partial charge in [0.2, 0.25) is 0 Å². The third kappa shape index (κ3) is 2.08. The van der Waals surface area contributed by atoms with Crippen LogP contribution in [-0.4, -0.2) is 22.5 Å². The van der Waals surface area contributed by atoms with E-state index in [9.17, 15) is 0 Å². The number of aromatic nitrogens is 2. The van der Waals surface area contributed by atoms with Crippen molar-refractivity contribution < 1.29 is 4.74 Å². The summed E-state index contributed by atoms with van der Waals surface area (Å²) in [4.78, 5) is 0. The fraction of sp³-hybridized carbons (Fsp3) is 0.700. The second-order valence-electron chi connectivity index (χ2n) is 4.29. The van der Waals surface area contributed by atoms with E-state index in [0.717, 1.165) is 12.1 Å². The van der Waals surface area contributed by atoms with Crippen molar-refractivity contribution in [3.05, 3.63) is 16.9 Å². The molecule has 90 valence electrons. The van der Waals surface area contributed by atoms with Crippen LogP contribution in [0, 0.1) is 5.92 Å². The maximum absolute atomic E-state index is 6.11. The lowest BCUT2D eigenvalue weighted by molar-refractivity contribution is 0.116. The van der Waals surface area contributed by atoms with Gasteiger partial charge in [-0.05, 0) is 13.3 Å². The Balaban J connectivity index is 2.22. The van der Waals surface area contributed by atoms with E-state index in [1.165, 1.54) is 0 Å². The van der Waals surface area contributed by atoms with Crippen LogP contribution in [-0.2, 0) is 11.8 Å². The van der Waals surface area contributed by atoms with E-state index in [1.54, 1.807) is 10.9 Å². The molecule has 1 aromatic rings. The van der Waals surface area contributed by atoms with E-state index in [0.29, 0.717) is 17.5 Å². The highest BCUT2D eigenvalue weighted by atomic mass is 35.5. The van der Waals surface area contributed by atoms with Crippen LogP contribution in [0.15, 0.2) is 6.20 Å². The van der Waals surface area contributed by atoms with Crippen LogP contribution in [0.3, 0.4) is 0 Å². The highest BCUT2D eigenvalue weighted by Gasteiger charge is 2.32. The molecule has 2 rings (SSSR count). The minimum absolute atomic E-state index is 0.00931. The van der Waals surface area contributed by atoms with Gasteiger partial charge in [0.1, 0.15) is 0 Å². The van der Waals surface area contributed by atoms with Crippen LogP contribution < -0.4 is 11.3 Å². The SMILES string of the molecule is CC1CC(C(NN)c2c(Cl)cnn2C)CO1. The molecule has 0 aliphatic carbocycles. The standard InChI is InChI=1S/C10H17ClN4O/c1-6-3-7(5-16-6)9(14-12)10-8(11)4-13-15(10)2/h4,6-7,9,14H,3,5,12H2,1-2H3. The topological polar surface area (TPSA) is 65.1 Å². The average molecular weight is 245 g/mol. The minimum atomic E-state index is -0.00931. The van der Waals surface area contributed by atoms with Gasteiger partial charge in [-0.2, -0.15) is 5.10 Å². The zero-order chi connectivity index (χ0) is 11.7. The molecule has 1 aliphatic rings. The summed E-state index contributed by atoms with van der Waals surface area (Å²) < 4.78 is 7.32.